The summed E-state index contributed by atoms with van der Waals surface area (Å²) < 4.78 is 42.0. The number of aryl methyl sites for hydroxylation is 2. The van der Waals surface area contributed by atoms with Gasteiger partial charge in [0, 0.05) is 39.0 Å². The quantitative estimate of drug-likeness (QED) is 0.211. The van der Waals surface area contributed by atoms with Gasteiger partial charge in [-0.15, -0.1) is 0 Å². The van der Waals surface area contributed by atoms with Crippen molar-refractivity contribution in [3.05, 3.63) is 64.3 Å². The van der Waals surface area contributed by atoms with E-state index in [-0.39, 0.29) is 41.2 Å². The van der Waals surface area contributed by atoms with Crippen LogP contribution in [0.15, 0.2) is 52.4 Å². The molecule has 4 heterocycles. The fourth-order valence-corrected chi connectivity index (χ4v) is 7.09. The number of carbonyl (C=O) groups is 1. The van der Waals surface area contributed by atoms with Crippen LogP contribution in [-0.4, -0.2) is 63.1 Å². The minimum atomic E-state index is -3.84. The molecule has 1 aliphatic rings. The Bertz CT molecular complexity index is 1800. The van der Waals surface area contributed by atoms with Gasteiger partial charge >= 0.3 is 5.97 Å². The van der Waals surface area contributed by atoms with Gasteiger partial charge in [0.15, 0.2) is 5.52 Å². The molecule has 12 nitrogen and oxygen atoms in total. The molecule has 0 spiro atoms. The highest BCUT2D eigenvalue weighted by atomic mass is 32.2. The molecule has 1 aromatic carbocycles. The molecule has 1 fully saturated rings. The van der Waals surface area contributed by atoms with Crippen LogP contribution < -0.4 is 10.3 Å². The number of aromatic nitrogens is 5. The minimum absolute atomic E-state index is 0.0993. The van der Waals surface area contributed by atoms with Crippen LogP contribution in [0.5, 0.6) is 5.75 Å². The monoisotopic (exact) mass is 636 g/mol. The predicted octanol–water partition coefficient (Wildman–Crippen LogP) is 4.38. The first-order valence-electron chi connectivity index (χ1n) is 15.5. The van der Waals surface area contributed by atoms with Crippen molar-refractivity contribution in [1.29, 1.82) is 0 Å². The lowest BCUT2D eigenvalue weighted by Gasteiger charge is -2.31. The summed E-state index contributed by atoms with van der Waals surface area (Å²) >= 11 is 0. The fourth-order valence-electron chi connectivity index (χ4n) is 5.60. The van der Waals surface area contributed by atoms with Crippen molar-refractivity contribution in [2.75, 3.05) is 19.7 Å². The number of nitrogens with one attached hydrogen (secondary N) is 1. The summed E-state index contributed by atoms with van der Waals surface area (Å²) in [6, 6.07) is 8.30. The second-order valence-corrected chi connectivity index (χ2v) is 13.3. The highest BCUT2D eigenvalue weighted by Crippen LogP contribution is 2.34. The van der Waals surface area contributed by atoms with Gasteiger partial charge in [-0.3, -0.25) is 19.3 Å². The van der Waals surface area contributed by atoms with Crippen molar-refractivity contribution < 1.29 is 22.7 Å². The highest BCUT2D eigenvalue weighted by Gasteiger charge is 2.31. The molecule has 0 amide bonds. The topological polar surface area (TPSA) is 149 Å². The highest BCUT2D eigenvalue weighted by molar-refractivity contribution is 7.89. The molecule has 3 aromatic heterocycles. The van der Waals surface area contributed by atoms with Crippen molar-refractivity contribution in [2.24, 2.45) is 13.0 Å². The number of H-pyrrole nitrogens is 1. The van der Waals surface area contributed by atoms with Crippen LogP contribution in [0.1, 0.15) is 63.6 Å². The third-order valence-electron chi connectivity index (χ3n) is 8.03. The molecule has 0 bridgehead atoms. The van der Waals surface area contributed by atoms with Crippen LogP contribution in [0.25, 0.3) is 22.4 Å². The Kier molecular flexibility index (Phi) is 10.3. The first kappa shape index (κ1) is 32.3. The van der Waals surface area contributed by atoms with Crippen LogP contribution in [0.3, 0.4) is 0 Å². The van der Waals surface area contributed by atoms with E-state index < -0.39 is 10.0 Å². The molecule has 0 radical (unpaired) electrons. The Balaban J connectivity index is 1.31. The molecule has 0 aliphatic carbocycles. The van der Waals surface area contributed by atoms with Crippen LogP contribution in [0, 0.1) is 5.92 Å². The van der Waals surface area contributed by atoms with Gasteiger partial charge in [-0.05, 0) is 73.9 Å². The van der Waals surface area contributed by atoms with E-state index >= 15 is 0 Å². The molecule has 240 valence electrons. The number of aromatic amines is 1. The summed E-state index contributed by atoms with van der Waals surface area (Å²) in [5.74, 6) is 0.630. The molecular formula is C32H40N6O6S. The Hall–Kier alpha value is -4.10. The van der Waals surface area contributed by atoms with E-state index in [0.717, 1.165) is 18.4 Å². The van der Waals surface area contributed by atoms with E-state index in [9.17, 15) is 18.0 Å². The van der Waals surface area contributed by atoms with Crippen LogP contribution in [-0.2, 0) is 39.6 Å². The zero-order valence-corrected chi connectivity index (χ0v) is 26.8. The molecule has 13 heteroatoms. The third-order valence-corrected chi connectivity index (χ3v) is 9.93. The predicted molar refractivity (Wildman–Crippen MR) is 169 cm³/mol. The number of piperidine rings is 1. The maximum atomic E-state index is 13.8. The van der Waals surface area contributed by atoms with Gasteiger partial charge in [0.2, 0.25) is 10.0 Å². The number of nitrogens with zero attached hydrogens (tertiary/aromatic N) is 5. The smallest absolute Gasteiger partial charge is 0.306 e. The lowest BCUT2D eigenvalue weighted by molar-refractivity contribution is -0.145. The van der Waals surface area contributed by atoms with E-state index in [2.05, 4.69) is 15.1 Å². The average Bonchev–Trinajstić information content (AvgIpc) is 3.37. The van der Waals surface area contributed by atoms with E-state index in [1.165, 1.54) is 21.1 Å². The maximum Gasteiger partial charge on any atom is 0.306 e. The summed E-state index contributed by atoms with van der Waals surface area (Å²) in [4.78, 5) is 37.0. The third kappa shape index (κ3) is 7.42. The summed E-state index contributed by atoms with van der Waals surface area (Å²) in [5.41, 5.74) is 2.50. The molecule has 1 N–H and O–H groups in total. The molecule has 45 heavy (non-hydrogen) atoms. The van der Waals surface area contributed by atoms with Crippen LogP contribution in [0.2, 0.25) is 0 Å². The summed E-state index contributed by atoms with van der Waals surface area (Å²) in [5, 5.41) is 4.49. The standard InChI is InChI=1S/C32H40N6O6S/c1-4-6-26-29-30(37(3)36-26)32(40)35-31(34-29)25-20-24(8-9-27(25)43-19-5-2)45(41,42)38-17-13-22(14-18-38)7-10-28(39)44-21-23-11-15-33-16-12-23/h8-9,11-12,15-16,20,22H,4-7,10,13-14,17-19,21H2,1-3H3,(H,34,35,40). The molecule has 0 saturated carbocycles. The molecule has 4 aromatic rings. The Morgan fingerprint density at radius 3 is 2.56 bits per heavy atom. The van der Waals surface area contributed by atoms with E-state index in [1.807, 2.05) is 13.8 Å². The summed E-state index contributed by atoms with van der Waals surface area (Å²) in [6.45, 7) is 5.33. The van der Waals surface area contributed by atoms with E-state index in [0.29, 0.717) is 73.4 Å². The van der Waals surface area contributed by atoms with Gasteiger partial charge in [-0.2, -0.15) is 9.40 Å². The Morgan fingerprint density at radius 2 is 1.84 bits per heavy atom. The molecular weight excluding hydrogens is 596 g/mol. The van der Waals surface area contributed by atoms with Crippen molar-refractivity contribution in [3.8, 4) is 17.1 Å². The van der Waals surface area contributed by atoms with Gasteiger partial charge in [0.25, 0.3) is 5.56 Å². The van der Waals surface area contributed by atoms with Gasteiger partial charge < -0.3 is 14.5 Å². The van der Waals surface area contributed by atoms with Crippen molar-refractivity contribution in [2.45, 2.75) is 70.3 Å². The Morgan fingerprint density at radius 1 is 1.09 bits per heavy atom. The average molecular weight is 637 g/mol. The number of hydrogen-bond donors (Lipinski definition) is 1. The summed E-state index contributed by atoms with van der Waals surface area (Å²) in [6.07, 6.45) is 7.78. The normalized spacial score (nSPS) is 14.6. The second-order valence-electron chi connectivity index (χ2n) is 11.3. The lowest BCUT2D eigenvalue weighted by atomic mass is 9.93. The van der Waals surface area contributed by atoms with Gasteiger partial charge in [-0.25, -0.2) is 13.4 Å². The first-order chi connectivity index (χ1) is 21.7. The van der Waals surface area contributed by atoms with Gasteiger partial charge in [0.05, 0.1) is 22.8 Å². The van der Waals surface area contributed by atoms with Crippen molar-refractivity contribution in [1.82, 2.24) is 29.0 Å². The van der Waals surface area contributed by atoms with E-state index in [1.54, 1.807) is 37.6 Å². The number of fused-ring (bicyclic) bond motifs is 1. The van der Waals surface area contributed by atoms with Gasteiger partial charge in [0.1, 0.15) is 23.7 Å². The zero-order chi connectivity index (χ0) is 32.0. The zero-order valence-electron chi connectivity index (χ0n) is 26.0. The number of pyridine rings is 1. The largest absolute Gasteiger partial charge is 0.493 e. The number of rotatable bonds is 13. The van der Waals surface area contributed by atoms with Crippen molar-refractivity contribution >= 4 is 27.0 Å². The fraction of sp³-hybridized carbons (Fsp3) is 0.469. The Labute approximate surface area is 262 Å². The lowest BCUT2D eigenvalue weighted by Crippen LogP contribution is -2.38. The SMILES string of the molecule is CCCOc1ccc(S(=O)(=O)N2CCC(CCC(=O)OCc3ccncc3)CC2)cc1-c1nc2c(CCC)nn(C)c2c(=O)[nH]1. The molecule has 1 aliphatic heterocycles. The summed E-state index contributed by atoms with van der Waals surface area (Å²) in [7, 11) is -2.14. The number of carbonyl (C=O) groups excluding carboxylic acids is 1. The number of esters is 1. The minimum Gasteiger partial charge on any atom is -0.493 e. The van der Waals surface area contributed by atoms with E-state index in [4.69, 9.17) is 14.5 Å². The van der Waals surface area contributed by atoms with Crippen LogP contribution in [0.4, 0.5) is 0 Å². The molecule has 5 rings (SSSR count). The number of sulfonamides is 1. The van der Waals surface area contributed by atoms with Gasteiger partial charge in [-0.1, -0.05) is 20.3 Å². The van der Waals surface area contributed by atoms with Crippen molar-refractivity contribution in [3.63, 3.8) is 0 Å². The molecule has 1 saturated heterocycles. The maximum absolute atomic E-state index is 13.8. The second kappa shape index (κ2) is 14.3. The number of hydrogen-bond acceptors (Lipinski definition) is 9. The number of benzene rings is 1. The number of ether oxygens (including phenoxy) is 2. The molecule has 0 atom stereocenters. The molecule has 0 unspecified atom stereocenters. The first-order valence-corrected chi connectivity index (χ1v) is 16.9. The van der Waals surface area contributed by atoms with Crippen LogP contribution >= 0.6 is 0 Å².